The maximum atomic E-state index is 11.4. The van der Waals surface area contributed by atoms with Crippen LogP contribution in [0.4, 0.5) is 0 Å². The number of quaternary nitrogens is 1. The highest BCUT2D eigenvalue weighted by molar-refractivity contribution is 5.91. The first-order valence-electron chi connectivity index (χ1n) is 6.84. The number of nitrogens with zero attached hydrogens (tertiary/aromatic N) is 1. The lowest BCUT2D eigenvalue weighted by Gasteiger charge is -2.30. The van der Waals surface area contributed by atoms with E-state index in [1.807, 2.05) is 18.2 Å². The Morgan fingerprint density at radius 2 is 1.95 bits per heavy atom. The number of carbonyl (C=O) groups is 1. The number of carbonyl (C=O) groups excluding carboxylic acids is 1. The lowest BCUT2D eigenvalue weighted by Crippen LogP contribution is -3.00. The number of aromatic hydroxyl groups is 1. The number of halogens is 1. The quantitative estimate of drug-likeness (QED) is 0.388. The van der Waals surface area contributed by atoms with Crippen LogP contribution in [0, 0.1) is 0 Å². The maximum absolute atomic E-state index is 11.4. The standard InChI is InChI=1S/C16H24N2O2.ClH/c1-13(2)16(20)17-10-7-11-18(3,4)12-14-8-5-6-9-15(14)19;/h5-6,8-9H,1,7,10-12H2,2-4H3,(H-,17,19,20);1H. The molecule has 0 aliphatic carbocycles. The Bertz CT molecular complexity index is 487. The maximum Gasteiger partial charge on any atom is 0.246 e. The van der Waals surface area contributed by atoms with Gasteiger partial charge in [0.25, 0.3) is 0 Å². The van der Waals surface area contributed by atoms with Crippen LogP contribution in [-0.2, 0) is 11.3 Å². The first-order valence-corrected chi connectivity index (χ1v) is 6.84. The molecule has 0 aliphatic heterocycles. The third-order valence-corrected chi connectivity index (χ3v) is 3.20. The van der Waals surface area contributed by atoms with Crippen LogP contribution in [0.1, 0.15) is 18.9 Å². The number of hydrogen-bond donors (Lipinski definition) is 2. The Labute approximate surface area is 133 Å². The Morgan fingerprint density at radius 3 is 2.52 bits per heavy atom. The Kier molecular flexibility index (Phi) is 8.07. The van der Waals surface area contributed by atoms with Gasteiger partial charge in [-0.3, -0.25) is 4.79 Å². The number of phenols is 1. The molecule has 21 heavy (non-hydrogen) atoms. The Hall–Kier alpha value is -1.52. The van der Waals surface area contributed by atoms with Gasteiger partial charge in [0.2, 0.25) is 5.91 Å². The van der Waals surface area contributed by atoms with E-state index in [2.05, 4.69) is 26.0 Å². The molecule has 0 spiro atoms. The van der Waals surface area contributed by atoms with E-state index in [1.54, 1.807) is 13.0 Å². The Balaban J connectivity index is 0.00000400. The largest absolute Gasteiger partial charge is 1.00 e. The van der Waals surface area contributed by atoms with Gasteiger partial charge in [-0.15, -0.1) is 0 Å². The minimum absolute atomic E-state index is 0. The van der Waals surface area contributed by atoms with Crippen molar-refractivity contribution in [2.45, 2.75) is 19.9 Å². The van der Waals surface area contributed by atoms with Gasteiger partial charge in [-0.2, -0.15) is 0 Å². The summed E-state index contributed by atoms with van der Waals surface area (Å²) in [5.41, 5.74) is 1.48. The topological polar surface area (TPSA) is 49.3 Å². The van der Waals surface area contributed by atoms with E-state index in [4.69, 9.17) is 0 Å². The summed E-state index contributed by atoms with van der Waals surface area (Å²) in [6, 6.07) is 7.41. The van der Waals surface area contributed by atoms with Gasteiger partial charge in [0.15, 0.2) is 0 Å². The van der Waals surface area contributed by atoms with Crippen molar-refractivity contribution < 1.29 is 26.8 Å². The van der Waals surface area contributed by atoms with Crippen molar-refractivity contribution in [1.82, 2.24) is 5.32 Å². The number of phenolic OH excluding ortho intramolecular Hbond substituents is 1. The minimum Gasteiger partial charge on any atom is -1.00 e. The number of nitrogens with one attached hydrogen (secondary N) is 1. The van der Waals surface area contributed by atoms with E-state index in [-0.39, 0.29) is 18.3 Å². The van der Waals surface area contributed by atoms with Crippen LogP contribution in [0.2, 0.25) is 0 Å². The molecule has 118 valence electrons. The zero-order valence-electron chi connectivity index (χ0n) is 13.0. The van der Waals surface area contributed by atoms with Crippen LogP contribution in [-0.4, -0.2) is 42.7 Å². The van der Waals surface area contributed by atoms with Crippen LogP contribution >= 0.6 is 0 Å². The number of para-hydroxylation sites is 1. The van der Waals surface area contributed by atoms with E-state index >= 15 is 0 Å². The second-order valence-corrected chi connectivity index (χ2v) is 5.84. The fraction of sp³-hybridized carbons (Fsp3) is 0.438. The zero-order valence-corrected chi connectivity index (χ0v) is 13.8. The second kappa shape index (κ2) is 8.70. The summed E-state index contributed by atoms with van der Waals surface area (Å²) in [5.74, 6) is 0.255. The van der Waals surface area contributed by atoms with Crippen LogP contribution in [0.3, 0.4) is 0 Å². The average molecular weight is 313 g/mol. The molecule has 1 rings (SSSR count). The van der Waals surface area contributed by atoms with Crippen LogP contribution in [0.25, 0.3) is 0 Å². The van der Waals surface area contributed by atoms with E-state index in [9.17, 15) is 9.90 Å². The van der Waals surface area contributed by atoms with Crippen LogP contribution < -0.4 is 17.7 Å². The SMILES string of the molecule is C=C(C)C(=O)NCCC[N+](C)(C)Cc1ccccc1O.[Cl-]. The third kappa shape index (κ3) is 7.16. The molecule has 2 N–H and O–H groups in total. The monoisotopic (exact) mass is 312 g/mol. The lowest BCUT2D eigenvalue weighted by atomic mass is 10.1. The first-order chi connectivity index (χ1) is 9.32. The molecule has 0 bridgehead atoms. The first kappa shape index (κ1) is 19.5. The van der Waals surface area contributed by atoms with Crippen molar-refractivity contribution in [3.05, 3.63) is 42.0 Å². The molecule has 0 saturated heterocycles. The normalized spacial score (nSPS) is 10.6. The van der Waals surface area contributed by atoms with Crippen LogP contribution in [0.15, 0.2) is 36.4 Å². The molecule has 0 aromatic heterocycles. The predicted molar refractivity (Wildman–Crippen MR) is 81.2 cm³/mol. The molecule has 0 heterocycles. The number of amides is 1. The van der Waals surface area contributed by atoms with Crippen LogP contribution in [0.5, 0.6) is 5.75 Å². The zero-order chi connectivity index (χ0) is 15.2. The van der Waals surface area contributed by atoms with E-state index < -0.39 is 0 Å². The smallest absolute Gasteiger partial charge is 0.246 e. The molecule has 0 atom stereocenters. The molecule has 1 aromatic carbocycles. The van der Waals surface area contributed by atoms with Crippen molar-refractivity contribution in [1.29, 1.82) is 0 Å². The molecular formula is C16H25ClN2O2. The average Bonchev–Trinajstić information content (AvgIpc) is 2.37. The molecule has 0 fully saturated rings. The molecule has 0 radical (unpaired) electrons. The minimum atomic E-state index is -0.0870. The number of benzene rings is 1. The lowest BCUT2D eigenvalue weighted by molar-refractivity contribution is -0.903. The molecule has 0 saturated carbocycles. The molecule has 0 aliphatic rings. The second-order valence-electron chi connectivity index (χ2n) is 5.84. The van der Waals surface area contributed by atoms with E-state index in [1.165, 1.54) is 0 Å². The van der Waals surface area contributed by atoms with E-state index in [0.29, 0.717) is 17.9 Å². The van der Waals surface area contributed by atoms with Gasteiger partial charge in [0, 0.05) is 24.1 Å². The van der Waals surface area contributed by atoms with Crippen molar-refractivity contribution in [2.75, 3.05) is 27.2 Å². The summed E-state index contributed by atoms with van der Waals surface area (Å²) in [6.45, 7) is 7.64. The summed E-state index contributed by atoms with van der Waals surface area (Å²) < 4.78 is 0.764. The highest BCUT2D eigenvalue weighted by atomic mass is 35.5. The molecule has 5 heteroatoms. The summed E-state index contributed by atoms with van der Waals surface area (Å²) in [5, 5.41) is 12.6. The third-order valence-electron chi connectivity index (χ3n) is 3.20. The fourth-order valence-corrected chi connectivity index (χ4v) is 2.04. The Morgan fingerprint density at radius 1 is 1.33 bits per heavy atom. The predicted octanol–water partition coefficient (Wildman–Crippen LogP) is -0.945. The van der Waals surface area contributed by atoms with Gasteiger partial charge >= 0.3 is 0 Å². The van der Waals surface area contributed by atoms with Gasteiger partial charge < -0.3 is 27.3 Å². The van der Waals surface area contributed by atoms with Crippen molar-refractivity contribution >= 4 is 5.91 Å². The molecule has 4 nitrogen and oxygen atoms in total. The number of rotatable bonds is 7. The molecular weight excluding hydrogens is 288 g/mol. The van der Waals surface area contributed by atoms with Crippen molar-refractivity contribution in [3.63, 3.8) is 0 Å². The van der Waals surface area contributed by atoms with Crippen molar-refractivity contribution in [3.8, 4) is 5.75 Å². The summed E-state index contributed by atoms with van der Waals surface area (Å²) in [6.07, 6.45) is 0.889. The molecule has 1 amide bonds. The summed E-state index contributed by atoms with van der Waals surface area (Å²) in [7, 11) is 4.24. The van der Waals surface area contributed by atoms with Gasteiger partial charge in [0.1, 0.15) is 12.3 Å². The summed E-state index contributed by atoms with van der Waals surface area (Å²) >= 11 is 0. The van der Waals surface area contributed by atoms with E-state index in [0.717, 1.165) is 29.6 Å². The van der Waals surface area contributed by atoms with Gasteiger partial charge in [-0.1, -0.05) is 18.7 Å². The number of hydrogen-bond acceptors (Lipinski definition) is 2. The highest BCUT2D eigenvalue weighted by Crippen LogP contribution is 2.19. The van der Waals surface area contributed by atoms with Crippen molar-refractivity contribution in [2.24, 2.45) is 0 Å². The van der Waals surface area contributed by atoms with Gasteiger partial charge in [0.05, 0.1) is 20.6 Å². The summed E-state index contributed by atoms with van der Waals surface area (Å²) in [4.78, 5) is 11.4. The van der Waals surface area contributed by atoms with Gasteiger partial charge in [-0.05, 0) is 19.1 Å². The van der Waals surface area contributed by atoms with Gasteiger partial charge in [-0.25, -0.2) is 0 Å². The molecule has 1 aromatic rings. The highest BCUT2D eigenvalue weighted by Gasteiger charge is 2.17. The fourth-order valence-electron chi connectivity index (χ4n) is 2.04. The molecule has 0 unspecified atom stereocenters.